The fourth-order valence-electron chi connectivity index (χ4n) is 5.50. The summed E-state index contributed by atoms with van der Waals surface area (Å²) in [6, 6.07) is -1.59. The number of rotatable bonds is 8. The standard InChI is InChI=1S/C25H38F3N5O4/c1-24(2,3)21(33-13-18(30-31-33)15-8-9-15)23(36)32-12-17(34)10-19(32)22(35)29-11-16-6-4-5-7-20(16)37-14-25(26,27)28/h13,15-17,19-21,34H,4-12,14H2,1-3H3,(H,29,35)/t16?,17-,19+,20?,21-/m1/s1. The number of amides is 2. The average Bonchev–Trinajstić information content (AvgIpc) is 3.42. The molecule has 2 unspecified atom stereocenters. The molecule has 37 heavy (non-hydrogen) atoms. The van der Waals surface area contributed by atoms with Crippen molar-refractivity contribution in [3.63, 3.8) is 0 Å². The van der Waals surface area contributed by atoms with E-state index in [2.05, 4.69) is 15.6 Å². The minimum absolute atomic E-state index is 0.0222. The molecule has 4 rings (SSSR count). The Hall–Kier alpha value is -2.21. The van der Waals surface area contributed by atoms with E-state index in [1.165, 1.54) is 4.90 Å². The molecule has 0 radical (unpaired) electrons. The number of β-amino-alcohol motifs (C(OH)–C–C–N with tert-alkyl or cyclic N) is 1. The molecule has 1 aromatic heterocycles. The summed E-state index contributed by atoms with van der Waals surface area (Å²) in [6.45, 7) is 4.62. The van der Waals surface area contributed by atoms with Crippen LogP contribution in [0.4, 0.5) is 13.2 Å². The van der Waals surface area contributed by atoms with Crippen LogP contribution in [0.3, 0.4) is 0 Å². The average molecular weight is 530 g/mol. The van der Waals surface area contributed by atoms with Gasteiger partial charge >= 0.3 is 6.18 Å². The lowest BCUT2D eigenvalue weighted by Crippen LogP contribution is -2.51. The van der Waals surface area contributed by atoms with Crippen molar-refractivity contribution in [1.82, 2.24) is 25.2 Å². The van der Waals surface area contributed by atoms with Crippen LogP contribution in [0.1, 0.15) is 83.4 Å². The first kappa shape index (κ1) is 27.8. The fourth-order valence-corrected chi connectivity index (χ4v) is 5.50. The highest BCUT2D eigenvalue weighted by atomic mass is 19.4. The van der Waals surface area contributed by atoms with Crippen molar-refractivity contribution in [2.75, 3.05) is 19.7 Å². The number of likely N-dealkylation sites (tertiary alicyclic amines) is 1. The molecule has 0 spiro atoms. The number of nitrogens with one attached hydrogen (secondary N) is 1. The van der Waals surface area contributed by atoms with Crippen LogP contribution in [-0.4, -0.2) is 80.9 Å². The quantitative estimate of drug-likeness (QED) is 0.536. The van der Waals surface area contributed by atoms with Gasteiger partial charge in [0.25, 0.3) is 0 Å². The Morgan fingerprint density at radius 2 is 1.89 bits per heavy atom. The second kappa shape index (κ2) is 10.9. The van der Waals surface area contributed by atoms with Crippen molar-refractivity contribution in [1.29, 1.82) is 0 Å². The number of halogens is 3. The maximum Gasteiger partial charge on any atom is 0.411 e. The van der Waals surface area contributed by atoms with Crippen LogP contribution in [0.5, 0.6) is 0 Å². The first-order valence-electron chi connectivity index (χ1n) is 13.2. The van der Waals surface area contributed by atoms with Gasteiger partial charge in [-0.25, -0.2) is 4.68 Å². The van der Waals surface area contributed by atoms with Gasteiger partial charge in [-0.1, -0.05) is 38.8 Å². The second-order valence-corrected chi connectivity index (χ2v) is 11.8. The SMILES string of the molecule is CC(C)(C)[C@@H](C(=O)N1C[C@H](O)C[C@H]1C(=O)NCC1CCCCC1OCC(F)(F)F)n1cc(C2CC2)nn1. The van der Waals surface area contributed by atoms with Crippen molar-refractivity contribution in [2.24, 2.45) is 11.3 Å². The van der Waals surface area contributed by atoms with E-state index in [4.69, 9.17) is 4.74 Å². The largest absolute Gasteiger partial charge is 0.411 e. The number of ether oxygens (including phenoxy) is 1. The number of aromatic nitrogens is 3. The molecule has 2 amide bonds. The number of aliphatic hydroxyl groups excluding tert-OH is 1. The Balaban J connectivity index is 1.43. The van der Waals surface area contributed by atoms with Crippen molar-refractivity contribution in [2.45, 2.75) is 102 Å². The van der Waals surface area contributed by atoms with Crippen molar-refractivity contribution in [3.8, 4) is 0 Å². The summed E-state index contributed by atoms with van der Waals surface area (Å²) in [4.78, 5) is 28.4. The Bertz CT molecular complexity index is 959. The van der Waals surface area contributed by atoms with Gasteiger partial charge in [0.05, 0.1) is 17.9 Å². The first-order valence-corrected chi connectivity index (χ1v) is 13.2. The monoisotopic (exact) mass is 529 g/mol. The zero-order chi connectivity index (χ0) is 27.0. The Morgan fingerprint density at radius 3 is 2.54 bits per heavy atom. The van der Waals surface area contributed by atoms with E-state index in [-0.39, 0.29) is 31.3 Å². The van der Waals surface area contributed by atoms with Gasteiger partial charge in [0.15, 0.2) is 0 Å². The number of hydrogen-bond donors (Lipinski definition) is 2. The van der Waals surface area contributed by atoms with Crippen molar-refractivity contribution >= 4 is 11.8 Å². The molecule has 12 heteroatoms. The van der Waals surface area contributed by atoms with Gasteiger partial charge < -0.3 is 20.1 Å². The molecule has 0 bridgehead atoms. The molecular formula is C25H38F3N5O4. The lowest BCUT2D eigenvalue weighted by atomic mass is 9.85. The van der Waals surface area contributed by atoms with E-state index in [1.807, 2.05) is 20.8 Å². The summed E-state index contributed by atoms with van der Waals surface area (Å²) in [7, 11) is 0. The molecule has 1 aromatic rings. The van der Waals surface area contributed by atoms with Crippen LogP contribution in [0.2, 0.25) is 0 Å². The third-order valence-corrected chi connectivity index (χ3v) is 7.55. The molecule has 3 aliphatic rings. The van der Waals surface area contributed by atoms with E-state index in [0.29, 0.717) is 18.8 Å². The van der Waals surface area contributed by atoms with Gasteiger partial charge in [0.2, 0.25) is 11.8 Å². The fraction of sp³-hybridized carbons (Fsp3) is 0.840. The first-order chi connectivity index (χ1) is 17.3. The van der Waals surface area contributed by atoms with Crippen LogP contribution in [0.15, 0.2) is 6.20 Å². The Kier molecular flexibility index (Phi) is 8.18. The predicted octanol–water partition coefficient (Wildman–Crippen LogP) is 2.96. The summed E-state index contributed by atoms with van der Waals surface area (Å²) in [5, 5.41) is 21.7. The molecule has 1 saturated heterocycles. The van der Waals surface area contributed by atoms with Gasteiger partial charge in [-0.2, -0.15) is 13.2 Å². The molecule has 2 aliphatic carbocycles. The normalized spacial score (nSPS) is 27.8. The number of carbonyl (C=O) groups is 2. The van der Waals surface area contributed by atoms with Gasteiger partial charge in [-0.3, -0.25) is 9.59 Å². The molecular weight excluding hydrogens is 491 g/mol. The summed E-state index contributed by atoms with van der Waals surface area (Å²) in [5.41, 5.74) is 0.318. The van der Waals surface area contributed by atoms with E-state index in [0.717, 1.165) is 31.4 Å². The number of hydrogen-bond acceptors (Lipinski definition) is 6. The molecule has 2 saturated carbocycles. The summed E-state index contributed by atoms with van der Waals surface area (Å²) in [6.07, 6.45) is 0.964. The predicted molar refractivity (Wildman–Crippen MR) is 127 cm³/mol. The number of nitrogens with zero attached hydrogens (tertiary/aromatic N) is 4. The van der Waals surface area contributed by atoms with Crippen molar-refractivity contribution < 1.29 is 32.6 Å². The zero-order valence-corrected chi connectivity index (χ0v) is 21.7. The van der Waals surface area contributed by atoms with Gasteiger partial charge in [-0.15, -0.1) is 5.10 Å². The van der Waals surface area contributed by atoms with Crippen LogP contribution < -0.4 is 5.32 Å². The maximum absolute atomic E-state index is 13.8. The number of alkyl halides is 3. The lowest BCUT2D eigenvalue weighted by Gasteiger charge is -2.35. The van der Waals surface area contributed by atoms with Crippen LogP contribution in [-0.2, 0) is 14.3 Å². The molecule has 1 aliphatic heterocycles. The highest BCUT2D eigenvalue weighted by Crippen LogP contribution is 2.40. The van der Waals surface area contributed by atoms with Crippen LogP contribution in [0, 0.1) is 11.3 Å². The summed E-state index contributed by atoms with van der Waals surface area (Å²) in [5.74, 6) is -0.607. The Labute approximate surface area is 215 Å². The minimum Gasteiger partial charge on any atom is -0.391 e. The summed E-state index contributed by atoms with van der Waals surface area (Å²) < 4.78 is 44.7. The van der Waals surface area contributed by atoms with Crippen LogP contribution >= 0.6 is 0 Å². The molecule has 3 fully saturated rings. The summed E-state index contributed by atoms with van der Waals surface area (Å²) >= 11 is 0. The number of carbonyl (C=O) groups excluding carboxylic acids is 2. The van der Waals surface area contributed by atoms with Gasteiger partial charge in [-0.05, 0) is 31.1 Å². The van der Waals surface area contributed by atoms with Crippen LogP contribution in [0.25, 0.3) is 0 Å². The van der Waals surface area contributed by atoms with Gasteiger partial charge in [0.1, 0.15) is 18.7 Å². The highest BCUT2D eigenvalue weighted by molar-refractivity contribution is 5.90. The molecule has 2 heterocycles. The smallest absolute Gasteiger partial charge is 0.391 e. The molecule has 9 nitrogen and oxygen atoms in total. The van der Waals surface area contributed by atoms with E-state index in [9.17, 15) is 27.9 Å². The van der Waals surface area contributed by atoms with Gasteiger partial charge in [0, 0.05) is 37.5 Å². The lowest BCUT2D eigenvalue weighted by molar-refractivity contribution is -0.193. The third kappa shape index (κ3) is 7.01. The molecule has 208 valence electrons. The topological polar surface area (TPSA) is 110 Å². The molecule has 5 atom stereocenters. The highest BCUT2D eigenvalue weighted by Gasteiger charge is 2.45. The van der Waals surface area contributed by atoms with E-state index < -0.39 is 48.4 Å². The molecule has 2 N–H and O–H groups in total. The third-order valence-electron chi connectivity index (χ3n) is 7.55. The maximum atomic E-state index is 13.8. The zero-order valence-electron chi connectivity index (χ0n) is 21.7. The second-order valence-electron chi connectivity index (χ2n) is 11.8. The van der Waals surface area contributed by atoms with E-state index in [1.54, 1.807) is 10.9 Å². The number of aliphatic hydroxyl groups is 1. The van der Waals surface area contributed by atoms with Crippen molar-refractivity contribution in [3.05, 3.63) is 11.9 Å². The molecule has 0 aromatic carbocycles. The van der Waals surface area contributed by atoms with E-state index >= 15 is 0 Å². The minimum atomic E-state index is -4.40. The Morgan fingerprint density at radius 1 is 1.19 bits per heavy atom.